The summed E-state index contributed by atoms with van der Waals surface area (Å²) in [4.78, 5) is 2.76. The molecule has 2 aliphatic rings. The number of hydrogen-bond donors (Lipinski definition) is 1. The van der Waals surface area contributed by atoms with E-state index in [0.29, 0.717) is 11.5 Å². The topological polar surface area (TPSA) is 15.3 Å². The van der Waals surface area contributed by atoms with Crippen molar-refractivity contribution in [3.8, 4) is 0 Å². The van der Waals surface area contributed by atoms with Gasteiger partial charge < -0.3 is 10.2 Å². The summed E-state index contributed by atoms with van der Waals surface area (Å²) in [5.41, 5.74) is 0.462. The summed E-state index contributed by atoms with van der Waals surface area (Å²) in [6, 6.07) is 1.47. The molecular weight excluding hydrogens is 232 g/mol. The molecule has 0 aromatic carbocycles. The highest BCUT2D eigenvalue weighted by Crippen LogP contribution is 2.39. The van der Waals surface area contributed by atoms with Crippen LogP contribution in [-0.4, -0.2) is 37.1 Å². The number of nitrogens with zero attached hydrogens (tertiary/aromatic N) is 1. The van der Waals surface area contributed by atoms with Gasteiger partial charge in [0.2, 0.25) is 0 Å². The first-order chi connectivity index (χ1) is 8.94. The standard InChI is InChI=1S/C17H34N2/c1-13-8-10-19(14(2)11-13)12-15-7-6-9-17(3,4)16(15)18-5/h13-16,18H,6-12H2,1-5H3. The molecule has 1 saturated heterocycles. The van der Waals surface area contributed by atoms with Crippen molar-refractivity contribution < 1.29 is 0 Å². The molecule has 1 aliphatic heterocycles. The molecule has 0 aromatic rings. The Kier molecular flexibility index (Phi) is 4.94. The third kappa shape index (κ3) is 3.52. The number of likely N-dealkylation sites (tertiary alicyclic amines) is 1. The Bertz CT molecular complexity index is 287. The van der Waals surface area contributed by atoms with E-state index < -0.39 is 0 Å². The molecule has 0 aromatic heterocycles. The highest BCUT2D eigenvalue weighted by molar-refractivity contribution is 4.94. The van der Waals surface area contributed by atoms with Crippen molar-refractivity contribution in [2.45, 2.75) is 71.9 Å². The van der Waals surface area contributed by atoms with Crippen molar-refractivity contribution in [1.29, 1.82) is 0 Å². The second kappa shape index (κ2) is 6.13. The van der Waals surface area contributed by atoms with Gasteiger partial charge in [0, 0.05) is 18.6 Å². The van der Waals surface area contributed by atoms with Crippen LogP contribution in [0.25, 0.3) is 0 Å². The first kappa shape index (κ1) is 15.3. The molecular formula is C17H34N2. The maximum Gasteiger partial charge on any atom is 0.0156 e. The molecule has 0 spiro atoms. The average Bonchev–Trinajstić information content (AvgIpc) is 2.32. The summed E-state index contributed by atoms with van der Waals surface area (Å²) < 4.78 is 0. The first-order valence-electron chi connectivity index (χ1n) is 8.35. The van der Waals surface area contributed by atoms with E-state index in [9.17, 15) is 0 Å². The molecule has 112 valence electrons. The van der Waals surface area contributed by atoms with Gasteiger partial charge in [-0.05, 0) is 63.5 Å². The van der Waals surface area contributed by atoms with Crippen LogP contribution in [0.3, 0.4) is 0 Å². The third-order valence-corrected chi connectivity index (χ3v) is 5.77. The van der Waals surface area contributed by atoms with Crippen LogP contribution < -0.4 is 5.32 Å². The highest BCUT2D eigenvalue weighted by atomic mass is 15.2. The zero-order valence-corrected chi connectivity index (χ0v) is 13.7. The van der Waals surface area contributed by atoms with Crippen molar-refractivity contribution in [1.82, 2.24) is 10.2 Å². The maximum absolute atomic E-state index is 3.63. The van der Waals surface area contributed by atoms with Crippen molar-refractivity contribution in [3.05, 3.63) is 0 Å². The Morgan fingerprint density at radius 2 is 1.95 bits per heavy atom. The molecule has 1 aliphatic carbocycles. The number of piperidine rings is 1. The van der Waals surface area contributed by atoms with Crippen LogP contribution in [0.2, 0.25) is 0 Å². The molecule has 2 fully saturated rings. The summed E-state index contributed by atoms with van der Waals surface area (Å²) in [7, 11) is 2.16. The van der Waals surface area contributed by atoms with Crippen LogP contribution in [0.15, 0.2) is 0 Å². The van der Waals surface area contributed by atoms with Gasteiger partial charge in [0.25, 0.3) is 0 Å². The van der Waals surface area contributed by atoms with Crippen molar-refractivity contribution >= 4 is 0 Å². The lowest BCUT2D eigenvalue weighted by molar-refractivity contribution is 0.0505. The molecule has 2 rings (SSSR count). The molecule has 0 amide bonds. The van der Waals surface area contributed by atoms with E-state index in [1.807, 2.05) is 0 Å². The average molecular weight is 266 g/mol. The lowest BCUT2D eigenvalue weighted by Gasteiger charge is -2.47. The molecule has 1 saturated carbocycles. The van der Waals surface area contributed by atoms with Crippen LogP contribution in [0.1, 0.15) is 59.8 Å². The molecule has 1 N–H and O–H groups in total. The van der Waals surface area contributed by atoms with Gasteiger partial charge in [0.05, 0.1) is 0 Å². The van der Waals surface area contributed by atoms with Gasteiger partial charge in [0.1, 0.15) is 0 Å². The van der Waals surface area contributed by atoms with E-state index in [2.05, 4.69) is 45.0 Å². The molecule has 1 heterocycles. The van der Waals surface area contributed by atoms with Crippen LogP contribution in [0, 0.1) is 17.3 Å². The Balaban J connectivity index is 1.97. The van der Waals surface area contributed by atoms with Gasteiger partial charge in [-0.3, -0.25) is 0 Å². The van der Waals surface area contributed by atoms with Crippen molar-refractivity contribution in [3.63, 3.8) is 0 Å². The van der Waals surface area contributed by atoms with E-state index >= 15 is 0 Å². The summed E-state index contributed by atoms with van der Waals surface area (Å²) in [6.07, 6.45) is 6.98. The van der Waals surface area contributed by atoms with Gasteiger partial charge in [0.15, 0.2) is 0 Å². The van der Waals surface area contributed by atoms with Crippen molar-refractivity contribution in [2.24, 2.45) is 17.3 Å². The summed E-state index contributed by atoms with van der Waals surface area (Å²) in [5, 5.41) is 3.63. The SMILES string of the molecule is CNC1C(CN2CCC(C)CC2C)CCCC1(C)C. The molecule has 4 unspecified atom stereocenters. The monoisotopic (exact) mass is 266 g/mol. The normalized spacial score (nSPS) is 40.3. The highest BCUT2D eigenvalue weighted by Gasteiger charge is 2.39. The number of nitrogens with one attached hydrogen (secondary N) is 1. The summed E-state index contributed by atoms with van der Waals surface area (Å²) in [6.45, 7) is 12.4. The van der Waals surface area contributed by atoms with Gasteiger partial charge in [-0.1, -0.05) is 27.2 Å². The van der Waals surface area contributed by atoms with Crippen LogP contribution in [0.5, 0.6) is 0 Å². The quantitative estimate of drug-likeness (QED) is 0.841. The number of hydrogen-bond acceptors (Lipinski definition) is 2. The smallest absolute Gasteiger partial charge is 0.0156 e. The van der Waals surface area contributed by atoms with E-state index in [-0.39, 0.29) is 0 Å². The predicted octanol–water partition coefficient (Wildman–Crippen LogP) is 3.52. The lowest BCUT2D eigenvalue weighted by atomic mass is 9.67. The van der Waals surface area contributed by atoms with Crippen LogP contribution >= 0.6 is 0 Å². The Morgan fingerprint density at radius 3 is 2.58 bits per heavy atom. The van der Waals surface area contributed by atoms with Gasteiger partial charge >= 0.3 is 0 Å². The number of rotatable bonds is 3. The fourth-order valence-corrected chi connectivity index (χ4v) is 4.63. The molecule has 2 nitrogen and oxygen atoms in total. The largest absolute Gasteiger partial charge is 0.316 e. The van der Waals surface area contributed by atoms with Crippen molar-refractivity contribution in [2.75, 3.05) is 20.1 Å². The molecule has 19 heavy (non-hydrogen) atoms. The van der Waals surface area contributed by atoms with E-state index in [1.165, 1.54) is 45.2 Å². The molecule has 4 atom stereocenters. The summed E-state index contributed by atoms with van der Waals surface area (Å²) in [5.74, 6) is 1.76. The van der Waals surface area contributed by atoms with Gasteiger partial charge in [-0.15, -0.1) is 0 Å². The maximum atomic E-state index is 3.63. The first-order valence-corrected chi connectivity index (χ1v) is 8.35. The third-order valence-electron chi connectivity index (χ3n) is 5.77. The fraction of sp³-hybridized carbons (Fsp3) is 1.00. The Morgan fingerprint density at radius 1 is 1.21 bits per heavy atom. The molecule has 2 heteroatoms. The molecule has 0 radical (unpaired) electrons. The zero-order chi connectivity index (χ0) is 14.0. The van der Waals surface area contributed by atoms with Gasteiger partial charge in [-0.25, -0.2) is 0 Å². The second-order valence-electron chi connectivity index (χ2n) is 7.88. The second-order valence-corrected chi connectivity index (χ2v) is 7.88. The minimum Gasteiger partial charge on any atom is -0.316 e. The van der Waals surface area contributed by atoms with Crippen LogP contribution in [-0.2, 0) is 0 Å². The van der Waals surface area contributed by atoms with Gasteiger partial charge in [-0.2, -0.15) is 0 Å². The van der Waals surface area contributed by atoms with E-state index in [4.69, 9.17) is 0 Å². The zero-order valence-electron chi connectivity index (χ0n) is 13.7. The molecule has 0 bridgehead atoms. The van der Waals surface area contributed by atoms with E-state index in [1.54, 1.807) is 0 Å². The lowest BCUT2D eigenvalue weighted by Crippen LogP contribution is -2.53. The van der Waals surface area contributed by atoms with E-state index in [0.717, 1.165) is 17.9 Å². The van der Waals surface area contributed by atoms with Crippen LogP contribution in [0.4, 0.5) is 0 Å². The summed E-state index contributed by atoms with van der Waals surface area (Å²) >= 11 is 0. The predicted molar refractivity (Wildman–Crippen MR) is 83.4 cm³/mol. The fourth-order valence-electron chi connectivity index (χ4n) is 4.63. The minimum atomic E-state index is 0.462. The minimum absolute atomic E-state index is 0.462. The Labute approximate surface area is 120 Å². The Hall–Kier alpha value is -0.0800.